The normalized spacial score (nSPS) is 21.3. The first-order valence-electron chi connectivity index (χ1n) is 12.8. The molecular weight excluding hydrogens is 535 g/mol. The van der Waals surface area contributed by atoms with E-state index in [2.05, 4.69) is 4.99 Å². The number of nitrogens with zero attached hydrogens (tertiary/aromatic N) is 3. The molecule has 0 radical (unpaired) electrons. The van der Waals surface area contributed by atoms with Gasteiger partial charge >= 0.3 is 18.1 Å². The number of amides is 1. The maximum atomic E-state index is 13.4. The van der Waals surface area contributed by atoms with Gasteiger partial charge in [-0.1, -0.05) is 30.8 Å². The summed E-state index contributed by atoms with van der Waals surface area (Å²) in [6.45, 7) is 4.60. The topological polar surface area (TPSA) is 88.5 Å². The predicted molar refractivity (Wildman–Crippen MR) is 139 cm³/mol. The molecule has 1 fully saturated rings. The van der Waals surface area contributed by atoms with Crippen LogP contribution in [0.25, 0.3) is 0 Å². The number of piperidine rings is 1. The van der Waals surface area contributed by atoms with E-state index in [0.717, 1.165) is 12.1 Å². The van der Waals surface area contributed by atoms with E-state index >= 15 is 0 Å². The number of thioether (sulfide) groups is 1. The van der Waals surface area contributed by atoms with Crippen molar-refractivity contribution in [3.05, 3.63) is 57.8 Å². The molecular formula is C27H30F3N3O5S. The Morgan fingerprint density at radius 1 is 1.15 bits per heavy atom. The zero-order valence-electron chi connectivity index (χ0n) is 21.9. The maximum absolute atomic E-state index is 13.4. The predicted octanol–water partition coefficient (Wildman–Crippen LogP) is 5.04. The number of fused-ring (bicyclic) bond motifs is 1. The van der Waals surface area contributed by atoms with Gasteiger partial charge in [-0.05, 0) is 49.3 Å². The van der Waals surface area contributed by atoms with Crippen molar-refractivity contribution in [2.75, 3.05) is 26.8 Å². The fourth-order valence-electron chi connectivity index (χ4n) is 5.00. The van der Waals surface area contributed by atoms with Crippen LogP contribution in [0.5, 0.6) is 0 Å². The number of hydrogen-bond acceptors (Lipinski definition) is 8. The van der Waals surface area contributed by atoms with Crippen LogP contribution < -0.4 is 0 Å². The van der Waals surface area contributed by atoms with Crippen molar-refractivity contribution in [1.82, 2.24) is 9.80 Å². The van der Waals surface area contributed by atoms with Crippen molar-refractivity contribution >= 4 is 34.8 Å². The number of alkyl halides is 3. The lowest BCUT2D eigenvalue weighted by molar-refractivity contribution is -0.151. The van der Waals surface area contributed by atoms with Gasteiger partial charge in [0.2, 0.25) is 5.91 Å². The number of amidine groups is 1. The van der Waals surface area contributed by atoms with Crippen LogP contribution in [0, 0.1) is 5.92 Å². The van der Waals surface area contributed by atoms with Crippen molar-refractivity contribution in [1.29, 1.82) is 0 Å². The fourth-order valence-corrected chi connectivity index (χ4v) is 5.94. The third-order valence-corrected chi connectivity index (χ3v) is 7.80. The second-order valence-electron chi connectivity index (χ2n) is 9.33. The third-order valence-electron chi connectivity index (χ3n) is 6.91. The number of carbonyl (C=O) groups is 3. The molecule has 0 N–H and O–H groups in total. The zero-order chi connectivity index (χ0) is 28.3. The molecule has 2 atom stereocenters. The zero-order valence-corrected chi connectivity index (χ0v) is 22.7. The average Bonchev–Trinajstić information content (AvgIpc) is 3.33. The van der Waals surface area contributed by atoms with Gasteiger partial charge in [0.05, 0.1) is 48.9 Å². The van der Waals surface area contributed by atoms with E-state index in [0.29, 0.717) is 47.9 Å². The summed E-state index contributed by atoms with van der Waals surface area (Å²) in [5.74, 6) is -1.55. The molecule has 8 nitrogen and oxygen atoms in total. The maximum Gasteiger partial charge on any atom is 0.416 e. The molecule has 0 bridgehead atoms. The Balaban J connectivity index is 1.64. The summed E-state index contributed by atoms with van der Waals surface area (Å²) in [7, 11) is 1.24. The number of methoxy groups -OCH3 is 1. The Kier molecular flexibility index (Phi) is 8.73. The van der Waals surface area contributed by atoms with Crippen molar-refractivity contribution < 1.29 is 37.0 Å². The molecule has 2 unspecified atom stereocenters. The van der Waals surface area contributed by atoms with E-state index in [-0.39, 0.29) is 42.9 Å². The van der Waals surface area contributed by atoms with Crippen molar-refractivity contribution in [3.63, 3.8) is 0 Å². The van der Waals surface area contributed by atoms with Gasteiger partial charge in [0.25, 0.3) is 0 Å². The molecule has 0 aliphatic carbocycles. The van der Waals surface area contributed by atoms with Gasteiger partial charge < -0.3 is 19.3 Å². The fraction of sp³-hybridized carbons (Fsp3) is 0.481. The highest BCUT2D eigenvalue weighted by Gasteiger charge is 2.42. The van der Waals surface area contributed by atoms with Gasteiger partial charge in [0.15, 0.2) is 5.17 Å². The number of esters is 2. The molecule has 12 heteroatoms. The van der Waals surface area contributed by atoms with Crippen LogP contribution in [0.2, 0.25) is 0 Å². The van der Waals surface area contributed by atoms with Gasteiger partial charge in [-0.25, -0.2) is 9.79 Å². The van der Waals surface area contributed by atoms with E-state index in [4.69, 9.17) is 9.47 Å². The number of aliphatic imine (C=N–C) groups is 1. The molecule has 0 saturated carbocycles. The van der Waals surface area contributed by atoms with Gasteiger partial charge in [0.1, 0.15) is 0 Å². The smallest absolute Gasteiger partial charge is 0.416 e. The van der Waals surface area contributed by atoms with Crippen molar-refractivity contribution in [3.8, 4) is 0 Å². The molecule has 1 amide bonds. The first kappa shape index (κ1) is 28.7. The van der Waals surface area contributed by atoms with Crippen LogP contribution in [-0.2, 0) is 30.0 Å². The SMILES string of the molecule is CCOC(=O)C1CCCN(C(=O)CC2=CSC3=NC(CC)=C(C(=O)OC)C(c4ccc(C(F)(F)F)cc4)N23)C1. The number of ether oxygens (including phenoxy) is 2. The number of carbonyl (C=O) groups excluding carboxylic acids is 3. The number of benzene rings is 1. The van der Waals surface area contributed by atoms with Crippen LogP contribution in [0.1, 0.15) is 56.7 Å². The van der Waals surface area contributed by atoms with Gasteiger partial charge in [-0.15, -0.1) is 0 Å². The highest BCUT2D eigenvalue weighted by molar-refractivity contribution is 8.16. The lowest BCUT2D eigenvalue weighted by atomic mass is 9.92. The summed E-state index contributed by atoms with van der Waals surface area (Å²) in [5, 5.41) is 2.30. The minimum absolute atomic E-state index is 0.0331. The number of allylic oxidation sites excluding steroid dienone is 1. The highest BCUT2D eigenvalue weighted by atomic mass is 32.2. The van der Waals surface area contributed by atoms with E-state index in [1.54, 1.807) is 22.1 Å². The largest absolute Gasteiger partial charge is 0.466 e. The molecule has 210 valence electrons. The Bertz CT molecular complexity index is 1230. The first-order valence-corrected chi connectivity index (χ1v) is 13.6. The van der Waals surface area contributed by atoms with Crippen LogP contribution in [0.15, 0.2) is 51.6 Å². The van der Waals surface area contributed by atoms with Crippen LogP contribution in [0.3, 0.4) is 0 Å². The molecule has 4 rings (SSSR count). The van der Waals surface area contributed by atoms with Crippen molar-refractivity contribution in [2.45, 2.75) is 51.7 Å². The quantitative estimate of drug-likeness (QED) is 0.428. The second kappa shape index (κ2) is 11.8. The molecule has 0 spiro atoms. The van der Waals surface area contributed by atoms with Gasteiger partial charge in [-0.3, -0.25) is 9.59 Å². The molecule has 1 saturated heterocycles. The Labute approximate surface area is 228 Å². The average molecular weight is 566 g/mol. The minimum Gasteiger partial charge on any atom is -0.466 e. The van der Waals surface area contributed by atoms with Crippen LogP contribution in [0.4, 0.5) is 13.2 Å². The summed E-state index contributed by atoms with van der Waals surface area (Å²) >= 11 is 1.28. The summed E-state index contributed by atoms with van der Waals surface area (Å²) in [4.78, 5) is 46.6. The number of likely N-dealkylation sites (tertiary alicyclic amines) is 1. The monoisotopic (exact) mass is 565 g/mol. The van der Waals surface area contributed by atoms with Crippen LogP contribution in [-0.4, -0.2) is 59.6 Å². The minimum atomic E-state index is -4.51. The lowest BCUT2D eigenvalue weighted by Gasteiger charge is -2.37. The Morgan fingerprint density at radius 3 is 2.49 bits per heavy atom. The van der Waals surface area contributed by atoms with Crippen LogP contribution >= 0.6 is 11.8 Å². The van der Waals surface area contributed by atoms with Gasteiger partial charge in [0, 0.05) is 18.8 Å². The Hall–Kier alpha value is -3.28. The molecule has 1 aromatic carbocycles. The summed E-state index contributed by atoms with van der Waals surface area (Å²) in [6.07, 6.45) is -2.83. The molecule has 3 heterocycles. The Morgan fingerprint density at radius 2 is 1.87 bits per heavy atom. The molecule has 3 aliphatic heterocycles. The van der Waals surface area contributed by atoms with E-state index in [1.807, 2.05) is 6.92 Å². The van der Waals surface area contributed by atoms with Crippen molar-refractivity contribution in [2.24, 2.45) is 10.9 Å². The molecule has 0 aromatic heterocycles. The van der Waals surface area contributed by atoms with E-state index in [1.165, 1.54) is 31.0 Å². The number of hydrogen-bond donors (Lipinski definition) is 0. The molecule has 1 aromatic rings. The summed E-state index contributed by atoms with van der Waals surface area (Å²) in [5.41, 5.74) is 0.870. The summed E-state index contributed by atoms with van der Waals surface area (Å²) in [6, 6.07) is 3.79. The molecule has 3 aliphatic rings. The number of rotatable bonds is 7. The number of halogens is 3. The van der Waals surface area contributed by atoms with E-state index < -0.39 is 23.8 Å². The third kappa shape index (κ3) is 6.00. The van der Waals surface area contributed by atoms with E-state index in [9.17, 15) is 27.6 Å². The van der Waals surface area contributed by atoms with Gasteiger partial charge in [-0.2, -0.15) is 13.2 Å². The molecule has 39 heavy (non-hydrogen) atoms. The lowest BCUT2D eigenvalue weighted by Crippen LogP contribution is -2.44. The first-order chi connectivity index (χ1) is 18.6. The standard InChI is InChI=1S/C27H30F3N3O5S/c1-4-20-22(25(36)37-3)23(16-8-10-18(11-9-16)27(28,29)30)33-19(15-39-26(33)31-20)13-21(34)32-12-6-7-17(14-32)24(35)38-5-2/h8-11,15,17,23H,4-7,12-14H2,1-3H3. The summed E-state index contributed by atoms with van der Waals surface area (Å²) < 4.78 is 50.0. The highest BCUT2D eigenvalue weighted by Crippen LogP contribution is 2.46. The second-order valence-corrected chi connectivity index (χ2v) is 10.2.